The summed E-state index contributed by atoms with van der Waals surface area (Å²) in [5.41, 5.74) is 3.01. The number of methoxy groups -OCH3 is 1. The number of rotatable bonds is 8. The van der Waals surface area contributed by atoms with E-state index in [1.807, 2.05) is 56.6 Å². The molecular weight excluding hydrogens is 366 g/mol. The lowest BCUT2D eigenvalue weighted by Gasteiger charge is -2.13. The van der Waals surface area contributed by atoms with Crippen LogP contribution in [0.2, 0.25) is 0 Å². The molecule has 3 aromatic rings. The Labute approximate surface area is 170 Å². The highest BCUT2D eigenvalue weighted by atomic mass is 16.5. The van der Waals surface area contributed by atoms with E-state index in [0.717, 1.165) is 30.0 Å². The molecule has 0 aliphatic rings. The molecule has 2 N–H and O–H groups in total. The Balaban J connectivity index is 1.89. The number of hydrogen-bond donors (Lipinski definition) is 2. The molecule has 1 aromatic heterocycles. The van der Waals surface area contributed by atoms with Gasteiger partial charge >= 0.3 is 5.97 Å². The summed E-state index contributed by atoms with van der Waals surface area (Å²) in [7, 11) is 5.40. The number of esters is 1. The van der Waals surface area contributed by atoms with Gasteiger partial charge < -0.3 is 20.3 Å². The summed E-state index contributed by atoms with van der Waals surface area (Å²) in [6.07, 6.45) is 0. The number of anilines is 3. The van der Waals surface area contributed by atoms with Gasteiger partial charge in [-0.2, -0.15) is 4.98 Å². The Hall–Kier alpha value is -3.45. The Morgan fingerprint density at radius 2 is 1.83 bits per heavy atom. The van der Waals surface area contributed by atoms with Crippen LogP contribution in [0.5, 0.6) is 0 Å². The van der Waals surface area contributed by atoms with E-state index in [2.05, 4.69) is 25.5 Å². The molecule has 0 amide bonds. The molecule has 0 atom stereocenters. The predicted octanol–water partition coefficient (Wildman–Crippen LogP) is 3.65. The first kappa shape index (κ1) is 20.3. The normalized spacial score (nSPS) is 10.6. The third kappa shape index (κ3) is 5.76. The fraction of sp³-hybridized carbons (Fsp3) is 0.227. The van der Waals surface area contributed by atoms with Crippen LogP contribution >= 0.6 is 0 Å². The molecule has 0 radical (unpaired) electrons. The topological polar surface area (TPSA) is 79.4 Å². The van der Waals surface area contributed by atoms with Crippen LogP contribution in [0, 0.1) is 0 Å². The van der Waals surface area contributed by atoms with Gasteiger partial charge in [-0.15, -0.1) is 0 Å². The van der Waals surface area contributed by atoms with Gasteiger partial charge in [0.15, 0.2) is 0 Å². The van der Waals surface area contributed by atoms with Gasteiger partial charge in [0.2, 0.25) is 5.95 Å². The van der Waals surface area contributed by atoms with E-state index in [-0.39, 0.29) is 5.97 Å². The van der Waals surface area contributed by atoms with Gasteiger partial charge in [-0.3, -0.25) is 0 Å². The number of ether oxygens (including phenoxy) is 1. The number of nitrogens with zero attached hydrogens (tertiary/aromatic N) is 3. The summed E-state index contributed by atoms with van der Waals surface area (Å²) in [6, 6.07) is 18.9. The zero-order valence-electron chi connectivity index (χ0n) is 16.8. The van der Waals surface area contributed by atoms with Crippen LogP contribution in [0.4, 0.5) is 17.5 Å². The summed E-state index contributed by atoms with van der Waals surface area (Å²) >= 11 is 0. The second-order valence-corrected chi connectivity index (χ2v) is 6.76. The van der Waals surface area contributed by atoms with E-state index < -0.39 is 0 Å². The molecule has 150 valence electrons. The zero-order chi connectivity index (χ0) is 20.6. The van der Waals surface area contributed by atoms with E-state index >= 15 is 0 Å². The number of benzene rings is 2. The van der Waals surface area contributed by atoms with Crippen molar-refractivity contribution in [2.24, 2.45) is 0 Å². The summed E-state index contributed by atoms with van der Waals surface area (Å²) in [6.45, 7) is 1.59. The minimum absolute atomic E-state index is 0.382. The van der Waals surface area contributed by atoms with Crippen molar-refractivity contribution < 1.29 is 9.53 Å². The number of nitrogens with one attached hydrogen (secondary N) is 2. The molecule has 2 aromatic carbocycles. The van der Waals surface area contributed by atoms with E-state index in [9.17, 15) is 4.79 Å². The van der Waals surface area contributed by atoms with E-state index in [0.29, 0.717) is 17.3 Å². The number of carbonyl (C=O) groups is 1. The van der Waals surface area contributed by atoms with Gasteiger partial charge in [0.05, 0.1) is 18.4 Å². The van der Waals surface area contributed by atoms with Gasteiger partial charge in [0.25, 0.3) is 0 Å². The smallest absolute Gasteiger partial charge is 0.337 e. The highest BCUT2D eigenvalue weighted by molar-refractivity contribution is 5.90. The van der Waals surface area contributed by atoms with Crippen molar-refractivity contribution in [3.63, 3.8) is 0 Å². The standard InChI is InChI=1S/C22H25N5O2/c1-27(2)13-12-23-22-25-19(16-8-5-4-6-9-16)15-20(26-22)24-18-11-7-10-17(14-18)21(28)29-3/h4-11,14-15H,12-13H2,1-3H3,(H2,23,24,25,26). The first-order chi connectivity index (χ1) is 14.0. The molecule has 7 heteroatoms. The van der Waals surface area contributed by atoms with E-state index in [1.54, 1.807) is 18.2 Å². The molecule has 0 spiro atoms. The third-order valence-corrected chi connectivity index (χ3v) is 4.19. The SMILES string of the molecule is COC(=O)c1cccc(Nc2cc(-c3ccccc3)nc(NCCN(C)C)n2)c1. The zero-order valence-corrected chi connectivity index (χ0v) is 16.8. The summed E-state index contributed by atoms with van der Waals surface area (Å²) < 4.78 is 4.79. The molecule has 7 nitrogen and oxygen atoms in total. The largest absolute Gasteiger partial charge is 0.465 e. The van der Waals surface area contributed by atoms with Crippen molar-refractivity contribution in [3.8, 4) is 11.3 Å². The summed E-state index contributed by atoms with van der Waals surface area (Å²) in [5.74, 6) is 0.792. The minimum Gasteiger partial charge on any atom is -0.465 e. The maximum absolute atomic E-state index is 11.8. The fourth-order valence-electron chi connectivity index (χ4n) is 2.73. The van der Waals surface area contributed by atoms with Crippen LogP contribution in [0.1, 0.15) is 10.4 Å². The predicted molar refractivity (Wildman–Crippen MR) is 116 cm³/mol. The number of likely N-dealkylation sites (N-methyl/N-ethyl adjacent to an activating group) is 1. The molecule has 0 fully saturated rings. The Bertz CT molecular complexity index is 960. The van der Waals surface area contributed by atoms with Crippen molar-refractivity contribution in [2.45, 2.75) is 0 Å². The molecule has 3 rings (SSSR count). The second kappa shape index (κ2) is 9.66. The second-order valence-electron chi connectivity index (χ2n) is 6.76. The van der Waals surface area contributed by atoms with Gasteiger partial charge in [0.1, 0.15) is 5.82 Å². The maximum Gasteiger partial charge on any atom is 0.337 e. The average molecular weight is 391 g/mol. The molecule has 1 heterocycles. The van der Waals surface area contributed by atoms with Crippen molar-refractivity contribution in [1.29, 1.82) is 0 Å². The lowest BCUT2D eigenvalue weighted by molar-refractivity contribution is 0.0601. The molecule has 0 unspecified atom stereocenters. The Kier molecular flexibility index (Phi) is 6.76. The summed E-state index contributed by atoms with van der Waals surface area (Å²) in [5, 5.41) is 6.54. The van der Waals surface area contributed by atoms with Gasteiger partial charge in [-0.05, 0) is 32.3 Å². The fourth-order valence-corrected chi connectivity index (χ4v) is 2.73. The van der Waals surface area contributed by atoms with Crippen LogP contribution in [0.15, 0.2) is 60.7 Å². The molecule has 0 aliphatic carbocycles. The highest BCUT2D eigenvalue weighted by Crippen LogP contribution is 2.24. The van der Waals surface area contributed by atoms with Gasteiger partial charge in [-0.25, -0.2) is 9.78 Å². The molecule has 29 heavy (non-hydrogen) atoms. The first-order valence-corrected chi connectivity index (χ1v) is 9.33. The molecule has 0 bridgehead atoms. The van der Waals surface area contributed by atoms with E-state index in [1.165, 1.54) is 7.11 Å². The third-order valence-electron chi connectivity index (χ3n) is 4.19. The minimum atomic E-state index is -0.382. The first-order valence-electron chi connectivity index (χ1n) is 9.33. The van der Waals surface area contributed by atoms with E-state index in [4.69, 9.17) is 4.74 Å². The molecule has 0 aliphatic heterocycles. The van der Waals surface area contributed by atoms with Crippen LogP contribution in [-0.4, -0.2) is 55.1 Å². The lowest BCUT2D eigenvalue weighted by atomic mass is 10.1. The van der Waals surface area contributed by atoms with Crippen molar-refractivity contribution >= 4 is 23.4 Å². The van der Waals surface area contributed by atoms with Gasteiger partial charge in [0, 0.05) is 30.4 Å². The van der Waals surface area contributed by atoms with Gasteiger partial charge in [-0.1, -0.05) is 36.4 Å². The maximum atomic E-state index is 11.8. The van der Waals surface area contributed by atoms with Crippen molar-refractivity contribution in [2.75, 3.05) is 44.9 Å². The number of hydrogen-bond acceptors (Lipinski definition) is 7. The number of carbonyl (C=O) groups excluding carboxylic acids is 1. The molecule has 0 saturated heterocycles. The van der Waals surface area contributed by atoms with Crippen LogP contribution in [0.3, 0.4) is 0 Å². The average Bonchev–Trinajstić information content (AvgIpc) is 2.73. The molecule has 0 saturated carbocycles. The quantitative estimate of drug-likeness (QED) is 0.568. The Morgan fingerprint density at radius 3 is 2.55 bits per heavy atom. The van der Waals surface area contributed by atoms with Crippen LogP contribution < -0.4 is 10.6 Å². The molecular formula is C22H25N5O2. The Morgan fingerprint density at radius 1 is 1.03 bits per heavy atom. The summed E-state index contributed by atoms with van der Waals surface area (Å²) in [4.78, 5) is 23.1. The van der Waals surface area contributed by atoms with Crippen molar-refractivity contribution in [1.82, 2.24) is 14.9 Å². The lowest BCUT2D eigenvalue weighted by Crippen LogP contribution is -2.21. The number of aromatic nitrogens is 2. The van der Waals surface area contributed by atoms with Crippen molar-refractivity contribution in [3.05, 3.63) is 66.2 Å². The van der Waals surface area contributed by atoms with Crippen LogP contribution in [-0.2, 0) is 4.74 Å². The monoisotopic (exact) mass is 391 g/mol. The van der Waals surface area contributed by atoms with Crippen LogP contribution in [0.25, 0.3) is 11.3 Å². The highest BCUT2D eigenvalue weighted by Gasteiger charge is 2.09.